The van der Waals surface area contributed by atoms with Gasteiger partial charge in [0, 0.05) is 50.5 Å². The van der Waals surface area contributed by atoms with Crippen molar-refractivity contribution in [2.75, 3.05) is 42.9 Å². The second kappa shape index (κ2) is 8.26. The predicted octanol–water partition coefficient (Wildman–Crippen LogP) is 3.76. The van der Waals surface area contributed by atoms with E-state index in [0.717, 1.165) is 31.9 Å². The molecule has 1 aliphatic heterocycles. The number of carbonyl (C=O) groups excluding carboxylic acids is 1. The van der Waals surface area contributed by atoms with E-state index < -0.39 is 0 Å². The van der Waals surface area contributed by atoms with Gasteiger partial charge in [-0.2, -0.15) is 0 Å². The molecule has 0 bridgehead atoms. The van der Waals surface area contributed by atoms with Gasteiger partial charge in [0.2, 0.25) is 5.91 Å². The van der Waals surface area contributed by atoms with Crippen LogP contribution in [0.4, 0.5) is 11.4 Å². The maximum absolute atomic E-state index is 12.5. The van der Waals surface area contributed by atoms with Gasteiger partial charge in [-0.15, -0.1) is 0 Å². The van der Waals surface area contributed by atoms with Gasteiger partial charge in [-0.25, -0.2) is 0 Å². The number of anilines is 2. The number of benzene rings is 2. The van der Waals surface area contributed by atoms with Crippen molar-refractivity contribution in [3.05, 3.63) is 59.2 Å². The van der Waals surface area contributed by atoms with Crippen molar-refractivity contribution in [1.82, 2.24) is 4.90 Å². The molecule has 1 heterocycles. The SMILES string of the molecule is Cc1cccc(N2CCN(C(=O)CCNc3ccc(C)c(C)c3)CC2)c1. The summed E-state index contributed by atoms with van der Waals surface area (Å²) in [5.41, 5.74) is 6.18. The second-order valence-electron chi connectivity index (χ2n) is 7.18. The number of amides is 1. The highest BCUT2D eigenvalue weighted by Gasteiger charge is 2.20. The number of hydrogen-bond acceptors (Lipinski definition) is 3. The lowest BCUT2D eigenvalue weighted by atomic mass is 10.1. The zero-order chi connectivity index (χ0) is 18.5. The predicted molar refractivity (Wildman–Crippen MR) is 109 cm³/mol. The number of rotatable bonds is 5. The molecule has 1 amide bonds. The average molecular weight is 351 g/mol. The van der Waals surface area contributed by atoms with Crippen molar-refractivity contribution in [1.29, 1.82) is 0 Å². The summed E-state index contributed by atoms with van der Waals surface area (Å²) in [5, 5.41) is 3.37. The lowest BCUT2D eigenvalue weighted by Crippen LogP contribution is -2.49. The number of aryl methyl sites for hydroxylation is 3. The third-order valence-corrected chi connectivity index (χ3v) is 5.17. The monoisotopic (exact) mass is 351 g/mol. The minimum atomic E-state index is 0.241. The Bertz CT molecular complexity index is 764. The minimum absolute atomic E-state index is 0.241. The average Bonchev–Trinajstić information content (AvgIpc) is 2.65. The lowest BCUT2D eigenvalue weighted by Gasteiger charge is -2.36. The minimum Gasteiger partial charge on any atom is -0.385 e. The molecule has 2 aromatic rings. The maximum Gasteiger partial charge on any atom is 0.224 e. The molecule has 0 aromatic heterocycles. The van der Waals surface area contributed by atoms with Gasteiger partial charge in [0.15, 0.2) is 0 Å². The fourth-order valence-electron chi connectivity index (χ4n) is 3.36. The maximum atomic E-state index is 12.5. The summed E-state index contributed by atoms with van der Waals surface area (Å²) < 4.78 is 0. The molecule has 4 heteroatoms. The Morgan fingerprint density at radius 3 is 2.42 bits per heavy atom. The van der Waals surface area contributed by atoms with Crippen molar-refractivity contribution in [3.8, 4) is 0 Å². The Balaban J connectivity index is 1.44. The molecule has 3 rings (SSSR count). The fourth-order valence-corrected chi connectivity index (χ4v) is 3.36. The van der Waals surface area contributed by atoms with E-state index in [1.54, 1.807) is 0 Å². The Morgan fingerprint density at radius 1 is 0.962 bits per heavy atom. The molecule has 0 atom stereocenters. The molecule has 0 radical (unpaired) electrons. The van der Waals surface area contributed by atoms with Crippen LogP contribution in [0.5, 0.6) is 0 Å². The summed E-state index contributed by atoms with van der Waals surface area (Å²) in [4.78, 5) is 16.8. The Morgan fingerprint density at radius 2 is 1.73 bits per heavy atom. The molecular formula is C22H29N3O. The van der Waals surface area contributed by atoms with Crippen LogP contribution in [0.3, 0.4) is 0 Å². The van der Waals surface area contributed by atoms with Crippen molar-refractivity contribution >= 4 is 17.3 Å². The highest BCUT2D eigenvalue weighted by molar-refractivity contribution is 5.77. The summed E-state index contributed by atoms with van der Waals surface area (Å²) in [6.07, 6.45) is 0.539. The van der Waals surface area contributed by atoms with E-state index in [-0.39, 0.29) is 5.91 Å². The van der Waals surface area contributed by atoms with Crippen molar-refractivity contribution in [2.45, 2.75) is 27.2 Å². The quantitative estimate of drug-likeness (QED) is 0.891. The first-order valence-electron chi connectivity index (χ1n) is 9.43. The van der Waals surface area contributed by atoms with Crippen LogP contribution >= 0.6 is 0 Å². The molecular weight excluding hydrogens is 322 g/mol. The van der Waals surface area contributed by atoms with Crippen LogP contribution in [-0.4, -0.2) is 43.5 Å². The standard InChI is InChI=1S/C22H29N3O/c1-17-5-4-6-21(15-17)24-11-13-25(14-12-24)22(26)9-10-23-20-8-7-18(2)19(3)16-20/h4-8,15-16,23H,9-14H2,1-3H3. The van der Waals surface area contributed by atoms with Crippen LogP contribution < -0.4 is 10.2 Å². The highest BCUT2D eigenvalue weighted by atomic mass is 16.2. The molecule has 138 valence electrons. The summed E-state index contributed by atoms with van der Waals surface area (Å²) in [6, 6.07) is 14.9. The third kappa shape index (κ3) is 4.57. The van der Waals surface area contributed by atoms with E-state index in [2.05, 4.69) is 73.5 Å². The number of piperazine rings is 1. The van der Waals surface area contributed by atoms with E-state index in [4.69, 9.17) is 0 Å². The number of nitrogens with zero attached hydrogens (tertiary/aromatic N) is 2. The van der Waals surface area contributed by atoms with Gasteiger partial charge in [-0.05, 0) is 61.7 Å². The first-order chi connectivity index (χ1) is 12.5. The summed E-state index contributed by atoms with van der Waals surface area (Å²) in [5.74, 6) is 0.241. The molecule has 0 aliphatic carbocycles. The molecule has 1 N–H and O–H groups in total. The van der Waals surface area contributed by atoms with Crippen molar-refractivity contribution in [2.24, 2.45) is 0 Å². The number of nitrogens with one attached hydrogen (secondary N) is 1. The summed E-state index contributed by atoms with van der Waals surface area (Å²) in [7, 11) is 0. The molecule has 1 aliphatic rings. The smallest absolute Gasteiger partial charge is 0.224 e. The van der Waals surface area contributed by atoms with Gasteiger partial charge in [-0.1, -0.05) is 18.2 Å². The number of hydrogen-bond donors (Lipinski definition) is 1. The van der Waals surface area contributed by atoms with Gasteiger partial charge in [0.25, 0.3) is 0 Å². The Hall–Kier alpha value is -2.49. The lowest BCUT2D eigenvalue weighted by molar-refractivity contribution is -0.131. The zero-order valence-electron chi connectivity index (χ0n) is 16.1. The third-order valence-electron chi connectivity index (χ3n) is 5.17. The topological polar surface area (TPSA) is 35.6 Å². The van der Waals surface area contributed by atoms with Crippen molar-refractivity contribution in [3.63, 3.8) is 0 Å². The molecule has 0 saturated carbocycles. The van der Waals surface area contributed by atoms with Crippen molar-refractivity contribution < 1.29 is 4.79 Å². The normalized spacial score (nSPS) is 14.4. The molecule has 1 saturated heterocycles. The fraction of sp³-hybridized carbons (Fsp3) is 0.409. The van der Waals surface area contributed by atoms with Crippen LogP contribution in [0.1, 0.15) is 23.1 Å². The Kier molecular flexibility index (Phi) is 5.82. The van der Waals surface area contributed by atoms with Gasteiger partial charge in [-0.3, -0.25) is 4.79 Å². The second-order valence-corrected chi connectivity index (χ2v) is 7.18. The van der Waals surface area contributed by atoms with Gasteiger partial charge < -0.3 is 15.1 Å². The van der Waals surface area contributed by atoms with E-state index in [0.29, 0.717) is 13.0 Å². The number of carbonyl (C=O) groups is 1. The van der Waals surface area contributed by atoms with Crippen LogP contribution in [0.15, 0.2) is 42.5 Å². The van der Waals surface area contributed by atoms with Gasteiger partial charge in [0.1, 0.15) is 0 Å². The van der Waals surface area contributed by atoms with Crippen LogP contribution in [-0.2, 0) is 4.79 Å². The Labute approximate surface area is 156 Å². The zero-order valence-corrected chi connectivity index (χ0v) is 16.1. The highest BCUT2D eigenvalue weighted by Crippen LogP contribution is 2.18. The van der Waals surface area contributed by atoms with Gasteiger partial charge in [0.05, 0.1) is 0 Å². The van der Waals surface area contributed by atoms with Crippen LogP contribution in [0.25, 0.3) is 0 Å². The van der Waals surface area contributed by atoms with E-state index >= 15 is 0 Å². The van der Waals surface area contributed by atoms with Crippen LogP contribution in [0, 0.1) is 20.8 Å². The van der Waals surface area contributed by atoms with Gasteiger partial charge >= 0.3 is 0 Å². The summed E-state index contributed by atoms with van der Waals surface area (Å²) >= 11 is 0. The first kappa shape index (κ1) is 18.3. The molecule has 26 heavy (non-hydrogen) atoms. The van der Waals surface area contributed by atoms with Crippen LogP contribution in [0.2, 0.25) is 0 Å². The van der Waals surface area contributed by atoms with E-state index in [1.807, 2.05) is 4.90 Å². The first-order valence-corrected chi connectivity index (χ1v) is 9.43. The largest absolute Gasteiger partial charge is 0.385 e. The summed E-state index contributed by atoms with van der Waals surface area (Å²) in [6.45, 7) is 10.4. The molecule has 0 unspecified atom stereocenters. The van der Waals surface area contributed by atoms with E-state index in [9.17, 15) is 4.79 Å². The molecule has 0 spiro atoms. The molecule has 1 fully saturated rings. The molecule has 2 aromatic carbocycles. The van der Waals surface area contributed by atoms with E-state index in [1.165, 1.54) is 22.4 Å². The molecule has 4 nitrogen and oxygen atoms in total.